The maximum Gasteiger partial charge on any atom is 0.227 e. The number of aryl methyl sites for hydroxylation is 1. The van der Waals surface area contributed by atoms with Crippen molar-refractivity contribution in [1.29, 1.82) is 0 Å². The normalized spacial score (nSPS) is 14.5. The second kappa shape index (κ2) is 11.7. The molecular formula is C28H37N3O4. The summed E-state index contributed by atoms with van der Waals surface area (Å²) in [7, 11) is 1.65. The monoisotopic (exact) mass is 479 g/mol. The maximum atomic E-state index is 10.7. The molecule has 0 bridgehead atoms. The molecule has 4 rings (SSSR count). The number of aromatic nitrogens is 2. The largest absolute Gasteiger partial charge is 0.497 e. The number of rotatable bonds is 13. The average molecular weight is 480 g/mol. The van der Waals surface area contributed by atoms with Crippen molar-refractivity contribution in [3.8, 4) is 23.1 Å². The minimum absolute atomic E-state index is 0.344. The molecule has 1 N–H and O–H groups in total. The van der Waals surface area contributed by atoms with Gasteiger partial charge in [0.2, 0.25) is 5.88 Å². The van der Waals surface area contributed by atoms with Crippen LogP contribution >= 0.6 is 0 Å². The summed E-state index contributed by atoms with van der Waals surface area (Å²) in [6.07, 6.45) is 1.73. The van der Waals surface area contributed by atoms with Crippen LogP contribution in [0.25, 0.3) is 5.69 Å². The molecule has 0 saturated heterocycles. The van der Waals surface area contributed by atoms with E-state index in [1.165, 1.54) is 0 Å². The second-order valence-electron chi connectivity index (χ2n) is 9.64. The number of aliphatic hydroxyl groups excluding tert-OH is 1. The van der Waals surface area contributed by atoms with Crippen molar-refractivity contribution in [2.24, 2.45) is 5.92 Å². The molecule has 2 aromatic carbocycles. The fourth-order valence-corrected chi connectivity index (χ4v) is 4.09. The van der Waals surface area contributed by atoms with Crippen LogP contribution in [-0.4, -0.2) is 58.8 Å². The molecule has 1 aliphatic rings. The number of benzene rings is 2. The van der Waals surface area contributed by atoms with Crippen molar-refractivity contribution in [2.75, 3.05) is 26.9 Å². The van der Waals surface area contributed by atoms with E-state index in [0.717, 1.165) is 35.5 Å². The highest BCUT2D eigenvalue weighted by molar-refractivity contribution is 5.44. The minimum atomic E-state index is -0.540. The standard InChI is InChI=1S/C28H37N3O4/c1-20(2)18-34-19-24(32)16-30(22-13-14-22)17-27-21(3)29-31(23-9-6-5-7-10-23)28(27)35-26-12-8-11-25(15-26)33-4/h5-12,15,20,22,24,32H,13-14,16-19H2,1-4H3/t24-/m0/s1. The minimum Gasteiger partial charge on any atom is -0.497 e. The predicted molar refractivity (Wildman–Crippen MR) is 136 cm³/mol. The zero-order valence-electron chi connectivity index (χ0n) is 21.2. The van der Waals surface area contributed by atoms with Gasteiger partial charge >= 0.3 is 0 Å². The summed E-state index contributed by atoms with van der Waals surface area (Å²) in [5.41, 5.74) is 2.85. The molecule has 0 aliphatic heterocycles. The van der Waals surface area contributed by atoms with Gasteiger partial charge in [-0.3, -0.25) is 4.90 Å². The first kappa shape index (κ1) is 25.2. The molecule has 1 saturated carbocycles. The summed E-state index contributed by atoms with van der Waals surface area (Å²) in [6.45, 7) is 8.43. The molecule has 1 atom stereocenters. The van der Waals surface area contributed by atoms with Crippen LogP contribution < -0.4 is 9.47 Å². The molecule has 7 heteroatoms. The lowest BCUT2D eigenvalue weighted by atomic mass is 10.2. The Morgan fingerprint density at radius 2 is 1.80 bits per heavy atom. The summed E-state index contributed by atoms with van der Waals surface area (Å²) in [5.74, 6) is 2.54. The molecular weight excluding hydrogens is 442 g/mol. The second-order valence-corrected chi connectivity index (χ2v) is 9.64. The Labute approximate surface area is 208 Å². The number of methoxy groups -OCH3 is 1. The topological polar surface area (TPSA) is 69.0 Å². The highest BCUT2D eigenvalue weighted by atomic mass is 16.5. The third kappa shape index (κ3) is 6.84. The van der Waals surface area contributed by atoms with Crippen molar-refractivity contribution < 1.29 is 19.3 Å². The highest BCUT2D eigenvalue weighted by Gasteiger charge is 2.32. The van der Waals surface area contributed by atoms with Gasteiger partial charge in [0.25, 0.3) is 0 Å². The molecule has 0 spiro atoms. The molecule has 188 valence electrons. The number of nitrogens with zero attached hydrogens (tertiary/aromatic N) is 3. The SMILES string of the molecule is COc1cccc(Oc2c(CN(C[C@H](O)COCC(C)C)C3CC3)c(C)nn2-c2ccccc2)c1. The molecule has 0 amide bonds. The van der Waals surface area contributed by atoms with Crippen molar-refractivity contribution in [3.63, 3.8) is 0 Å². The van der Waals surface area contributed by atoms with Gasteiger partial charge in [-0.2, -0.15) is 5.10 Å². The lowest BCUT2D eigenvalue weighted by Gasteiger charge is -2.25. The van der Waals surface area contributed by atoms with Crippen LogP contribution in [0.3, 0.4) is 0 Å². The van der Waals surface area contributed by atoms with Crippen LogP contribution in [0, 0.1) is 12.8 Å². The fourth-order valence-electron chi connectivity index (χ4n) is 4.09. The Balaban J connectivity index is 1.60. The first-order valence-electron chi connectivity index (χ1n) is 12.4. The number of hydrogen-bond donors (Lipinski definition) is 1. The molecule has 35 heavy (non-hydrogen) atoms. The van der Waals surface area contributed by atoms with Crippen LogP contribution in [0.1, 0.15) is 37.9 Å². The van der Waals surface area contributed by atoms with Gasteiger partial charge in [-0.05, 0) is 49.9 Å². The number of para-hydroxylation sites is 1. The lowest BCUT2D eigenvalue weighted by molar-refractivity contribution is 0.00536. The van der Waals surface area contributed by atoms with E-state index in [2.05, 4.69) is 18.7 Å². The van der Waals surface area contributed by atoms with E-state index in [1.54, 1.807) is 7.11 Å². The first-order valence-corrected chi connectivity index (χ1v) is 12.4. The number of ether oxygens (including phenoxy) is 3. The van der Waals surface area contributed by atoms with Crippen molar-refractivity contribution in [3.05, 3.63) is 65.9 Å². The van der Waals surface area contributed by atoms with Gasteiger partial charge in [0, 0.05) is 31.8 Å². The van der Waals surface area contributed by atoms with Gasteiger partial charge in [0.15, 0.2) is 0 Å². The molecule has 7 nitrogen and oxygen atoms in total. The summed E-state index contributed by atoms with van der Waals surface area (Å²) in [6, 6.07) is 18.1. The van der Waals surface area contributed by atoms with Crippen LogP contribution in [0.2, 0.25) is 0 Å². The zero-order valence-corrected chi connectivity index (χ0v) is 21.2. The van der Waals surface area contributed by atoms with E-state index in [4.69, 9.17) is 19.3 Å². The molecule has 1 fully saturated rings. The summed E-state index contributed by atoms with van der Waals surface area (Å²) in [5, 5.41) is 15.5. The van der Waals surface area contributed by atoms with Crippen LogP contribution in [0.15, 0.2) is 54.6 Å². The molecule has 1 aliphatic carbocycles. The predicted octanol–water partition coefficient (Wildman–Crippen LogP) is 4.98. The molecule has 1 heterocycles. The number of hydrogen-bond acceptors (Lipinski definition) is 6. The molecule has 3 aromatic rings. The van der Waals surface area contributed by atoms with Gasteiger partial charge in [-0.1, -0.05) is 38.1 Å². The zero-order chi connectivity index (χ0) is 24.8. The lowest BCUT2D eigenvalue weighted by Crippen LogP contribution is -2.36. The Kier molecular flexibility index (Phi) is 8.44. The van der Waals surface area contributed by atoms with E-state index >= 15 is 0 Å². The Bertz CT molecular complexity index is 1080. The van der Waals surface area contributed by atoms with E-state index in [1.807, 2.05) is 66.2 Å². The van der Waals surface area contributed by atoms with E-state index in [-0.39, 0.29) is 0 Å². The maximum absolute atomic E-state index is 10.7. The summed E-state index contributed by atoms with van der Waals surface area (Å²) in [4.78, 5) is 2.33. The van der Waals surface area contributed by atoms with Gasteiger partial charge in [-0.25, -0.2) is 4.68 Å². The van der Waals surface area contributed by atoms with Crippen molar-refractivity contribution in [1.82, 2.24) is 14.7 Å². The van der Waals surface area contributed by atoms with E-state index in [9.17, 15) is 5.11 Å². The Hall–Kier alpha value is -2.87. The van der Waals surface area contributed by atoms with E-state index in [0.29, 0.717) is 49.9 Å². The molecule has 0 radical (unpaired) electrons. The van der Waals surface area contributed by atoms with Crippen LogP contribution in [0.4, 0.5) is 0 Å². The highest BCUT2D eigenvalue weighted by Crippen LogP contribution is 2.35. The fraction of sp³-hybridized carbons (Fsp3) is 0.464. The van der Waals surface area contributed by atoms with E-state index < -0.39 is 6.10 Å². The number of aliphatic hydroxyl groups is 1. The van der Waals surface area contributed by atoms with Crippen LogP contribution in [-0.2, 0) is 11.3 Å². The van der Waals surface area contributed by atoms with Gasteiger partial charge in [0.1, 0.15) is 11.5 Å². The quantitative estimate of drug-likeness (QED) is 0.373. The third-order valence-electron chi connectivity index (χ3n) is 6.02. The molecule has 0 unspecified atom stereocenters. The van der Waals surface area contributed by atoms with Crippen molar-refractivity contribution >= 4 is 0 Å². The smallest absolute Gasteiger partial charge is 0.227 e. The Morgan fingerprint density at radius 3 is 2.49 bits per heavy atom. The third-order valence-corrected chi connectivity index (χ3v) is 6.02. The average Bonchev–Trinajstić information content (AvgIpc) is 3.65. The van der Waals surface area contributed by atoms with Crippen molar-refractivity contribution in [2.45, 2.75) is 52.3 Å². The van der Waals surface area contributed by atoms with Gasteiger partial charge < -0.3 is 19.3 Å². The Morgan fingerprint density at radius 1 is 1.06 bits per heavy atom. The summed E-state index contributed by atoms with van der Waals surface area (Å²) < 4.78 is 19.4. The molecule has 1 aromatic heterocycles. The van der Waals surface area contributed by atoms with Gasteiger partial charge in [0.05, 0.1) is 36.8 Å². The van der Waals surface area contributed by atoms with Gasteiger partial charge in [-0.15, -0.1) is 0 Å². The summed E-state index contributed by atoms with van der Waals surface area (Å²) >= 11 is 0. The first-order chi connectivity index (χ1) is 16.9. The van der Waals surface area contributed by atoms with Crippen LogP contribution in [0.5, 0.6) is 17.4 Å².